The number of benzene rings is 1. The Bertz CT molecular complexity index is 1040. The van der Waals surface area contributed by atoms with Gasteiger partial charge in [0.2, 0.25) is 0 Å². The van der Waals surface area contributed by atoms with Crippen molar-refractivity contribution in [2.45, 2.75) is 18.7 Å². The van der Waals surface area contributed by atoms with E-state index in [0.29, 0.717) is 42.9 Å². The number of morpholine rings is 1. The highest BCUT2D eigenvalue weighted by molar-refractivity contribution is 5.94. The van der Waals surface area contributed by atoms with E-state index in [0.717, 1.165) is 17.7 Å². The molecule has 0 N–H and O–H groups in total. The van der Waals surface area contributed by atoms with Gasteiger partial charge in [-0.3, -0.25) is 14.8 Å². The predicted octanol–water partition coefficient (Wildman–Crippen LogP) is 4.30. The lowest BCUT2D eigenvalue weighted by molar-refractivity contribution is -0.137. The minimum atomic E-state index is -4.37. The van der Waals surface area contributed by atoms with Crippen LogP contribution in [0.15, 0.2) is 67.1 Å². The lowest BCUT2D eigenvalue weighted by Crippen LogP contribution is -2.42. The van der Waals surface area contributed by atoms with E-state index in [4.69, 9.17) is 4.74 Å². The smallest absolute Gasteiger partial charge is 0.368 e. The third-order valence-electron chi connectivity index (χ3n) is 5.12. The topological polar surface area (TPSA) is 55.3 Å². The average molecular weight is 427 g/mol. The van der Waals surface area contributed by atoms with Gasteiger partial charge in [-0.25, -0.2) is 0 Å². The van der Waals surface area contributed by atoms with E-state index >= 15 is 0 Å². The normalized spacial score (nSPS) is 16.9. The number of hydrogen-bond acceptors (Lipinski definition) is 4. The van der Waals surface area contributed by atoms with Gasteiger partial charge in [-0.2, -0.15) is 13.2 Å². The van der Waals surface area contributed by atoms with Crippen LogP contribution in [0.3, 0.4) is 0 Å². The van der Waals surface area contributed by atoms with Crippen molar-refractivity contribution < 1.29 is 22.7 Å². The SMILES string of the molecule is O=C(c1ccncc1)N1CCOC(c2ccc(Cc3cccc(C(F)(F)F)c3)cn2)C1. The number of pyridine rings is 2. The van der Waals surface area contributed by atoms with Crippen LogP contribution in [0.2, 0.25) is 0 Å². The Labute approximate surface area is 177 Å². The van der Waals surface area contributed by atoms with Crippen molar-refractivity contribution in [3.63, 3.8) is 0 Å². The molecule has 3 heterocycles. The fourth-order valence-corrected chi connectivity index (χ4v) is 3.51. The summed E-state index contributed by atoms with van der Waals surface area (Å²) >= 11 is 0. The van der Waals surface area contributed by atoms with Gasteiger partial charge in [0.05, 0.1) is 24.4 Å². The molecule has 0 radical (unpaired) electrons. The second-order valence-corrected chi connectivity index (χ2v) is 7.31. The average Bonchev–Trinajstić information content (AvgIpc) is 2.79. The summed E-state index contributed by atoms with van der Waals surface area (Å²) in [6.45, 7) is 1.27. The lowest BCUT2D eigenvalue weighted by atomic mass is 10.0. The standard InChI is InChI=1S/C23H20F3N3O2/c24-23(25,26)19-3-1-2-16(13-19)12-17-4-5-20(28-14-17)21-15-29(10-11-31-21)22(30)18-6-8-27-9-7-18/h1-9,13-14,21H,10-12,15H2. The second kappa shape index (κ2) is 8.85. The fraction of sp³-hybridized carbons (Fsp3) is 0.261. The van der Waals surface area contributed by atoms with Crippen molar-refractivity contribution in [2.24, 2.45) is 0 Å². The molecule has 0 saturated carbocycles. The molecule has 1 aromatic carbocycles. The van der Waals surface area contributed by atoms with E-state index in [1.54, 1.807) is 47.8 Å². The van der Waals surface area contributed by atoms with Crippen LogP contribution in [-0.2, 0) is 17.3 Å². The monoisotopic (exact) mass is 427 g/mol. The molecule has 4 rings (SSSR count). The molecule has 1 fully saturated rings. The number of aromatic nitrogens is 2. The molecule has 2 aromatic heterocycles. The van der Waals surface area contributed by atoms with Crippen LogP contribution in [0, 0.1) is 0 Å². The zero-order valence-electron chi connectivity index (χ0n) is 16.5. The Morgan fingerprint density at radius 2 is 1.90 bits per heavy atom. The summed E-state index contributed by atoms with van der Waals surface area (Å²) in [5, 5.41) is 0. The maximum Gasteiger partial charge on any atom is 0.416 e. The van der Waals surface area contributed by atoms with Crippen molar-refractivity contribution in [2.75, 3.05) is 19.7 Å². The van der Waals surface area contributed by atoms with Crippen LogP contribution in [0.25, 0.3) is 0 Å². The number of rotatable bonds is 4. The third-order valence-corrected chi connectivity index (χ3v) is 5.12. The minimum Gasteiger partial charge on any atom is -0.368 e. The molecule has 3 aromatic rings. The largest absolute Gasteiger partial charge is 0.416 e. The zero-order valence-corrected chi connectivity index (χ0v) is 16.5. The number of amides is 1. The van der Waals surface area contributed by atoms with E-state index in [9.17, 15) is 18.0 Å². The minimum absolute atomic E-state index is 0.0862. The summed E-state index contributed by atoms with van der Waals surface area (Å²) in [7, 11) is 0. The molecule has 1 unspecified atom stereocenters. The second-order valence-electron chi connectivity index (χ2n) is 7.31. The highest BCUT2D eigenvalue weighted by Gasteiger charge is 2.30. The van der Waals surface area contributed by atoms with E-state index < -0.39 is 11.7 Å². The van der Waals surface area contributed by atoms with E-state index in [1.807, 2.05) is 6.07 Å². The first-order valence-electron chi connectivity index (χ1n) is 9.82. The quantitative estimate of drug-likeness (QED) is 0.623. The van der Waals surface area contributed by atoms with Gasteiger partial charge in [-0.15, -0.1) is 0 Å². The van der Waals surface area contributed by atoms with E-state index in [-0.39, 0.29) is 12.0 Å². The number of carbonyl (C=O) groups is 1. The number of hydrogen-bond donors (Lipinski definition) is 0. The highest BCUT2D eigenvalue weighted by Crippen LogP contribution is 2.30. The number of halogens is 3. The van der Waals surface area contributed by atoms with Gasteiger partial charge in [0.1, 0.15) is 6.10 Å². The van der Waals surface area contributed by atoms with Crippen molar-refractivity contribution in [1.29, 1.82) is 0 Å². The molecule has 8 heteroatoms. The molecular formula is C23H20F3N3O2. The summed E-state index contributed by atoms with van der Waals surface area (Å²) in [4.78, 5) is 22.8. The van der Waals surface area contributed by atoms with E-state index in [2.05, 4.69) is 9.97 Å². The number of alkyl halides is 3. The van der Waals surface area contributed by atoms with Crippen LogP contribution >= 0.6 is 0 Å². The van der Waals surface area contributed by atoms with Crippen LogP contribution in [0.1, 0.15) is 38.8 Å². The van der Waals surface area contributed by atoms with Gasteiger partial charge >= 0.3 is 6.18 Å². The highest BCUT2D eigenvalue weighted by atomic mass is 19.4. The van der Waals surface area contributed by atoms with Crippen molar-refractivity contribution in [1.82, 2.24) is 14.9 Å². The Hall–Kier alpha value is -3.26. The summed E-state index contributed by atoms with van der Waals surface area (Å²) in [6.07, 6.45) is 0.418. The predicted molar refractivity (Wildman–Crippen MR) is 107 cm³/mol. The molecule has 1 atom stereocenters. The maximum absolute atomic E-state index is 12.9. The van der Waals surface area contributed by atoms with Gasteiger partial charge in [0.25, 0.3) is 5.91 Å². The number of ether oxygens (including phenoxy) is 1. The summed E-state index contributed by atoms with van der Waals surface area (Å²) in [5.74, 6) is -0.0862. The first-order valence-corrected chi connectivity index (χ1v) is 9.82. The first-order chi connectivity index (χ1) is 14.9. The summed E-state index contributed by atoms with van der Waals surface area (Å²) in [6, 6.07) is 12.3. The molecule has 5 nitrogen and oxygen atoms in total. The Kier molecular flexibility index (Phi) is 5.99. The van der Waals surface area contributed by atoms with Crippen molar-refractivity contribution >= 4 is 5.91 Å². The molecule has 0 aliphatic carbocycles. The summed E-state index contributed by atoms with van der Waals surface area (Å²) in [5.41, 5.74) is 1.94. The molecule has 160 valence electrons. The van der Waals surface area contributed by atoms with Crippen LogP contribution < -0.4 is 0 Å². The van der Waals surface area contributed by atoms with Crippen LogP contribution in [0.5, 0.6) is 0 Å². The van der Waals surface area contributed by atoms with Gasteiger partial charge in [0.15, 0.2) is 0 Å². The van der Waals surface area contributed by atoms with E-state index in [1.165, 1.54) is 6.07 Å². The van der Waals surface area contributed by atoms with Gasteiger partial charge in [-0.05, 0) is 41.8 Å². The Balaban J connectivity index is 1.43. The molecule has 1 saturated heterocycles. The van der Waals surface area contributed by atoms with Gasteiger partial charge < -0.3 is 9.64 Å². The van der Waals surface area contributed by atoms with Gasteiger partial charge in [-0.1, -0.05) is 24.3 Å². The van der Waals surface area contributed by atoms with Crippen LogP contribution in [0.4, 0.5) is 13.2 Å². The third kappa shape index (κ3) is 5.08. The molecule has 1 amide bonds. The maximum atomic E-state index is 12.9. The first kappa shape index (κ1) is 21.0. The van der Waals surface area contributed by atoms with Crippen molar-refractivity contribution in [3.05, 3.63) is 95.1 Å². The number of nitrogens with zero attached hydrogens (tertiary/aromatic N) is 3. The summed E-state index contributed by atoms with van der Waals surface area (Å²) < 4.78 is 44.5. The van der Waals surface area contributed by atoms with Crippen molar-refractivity contribution in [3.8, 4) is 0 Å². The molecule has 0 bridgehead atoms. The molecule has 1 aliphatic heterocycles. The fourth-order valence-electron chi connectivity index (χ4n) is 3.51. The molecule has 1 aliphatic rings. The number of carbonyl (C=O) groups excluding carboxylic acids is 1. The van der Waals surface area contributed by atoms with Gasteiger partial charge in [0, 0.05) is 30.7 Å². The molecular weight excluding hydrogens is 407 g/mol. The Morgan fingerprint density at radius 3 is 2.61 bits per heavy atom. The zero-order chi connectivity index (χ0) is 21.8. The molecule has 31 heavy (non-hydrogen) atoms. The van der Waals surface area contributed by atoms with Crippen LogP contribution in [-0.4, -0.2) is 40.5 Å². The lowest BCUT2D eigenvalue weighted by Gasteiger charge is -2.32. The molecule has 0 spiro atoms. The Morgan fingerprint density at radius 1 is 1.10 bits per heavy atom.